The Labute approximate surface area is 88.3 Å². The Morgan fingerprint density at radius 2 is 2.21 bits per heavy atom. The van der Waals surface area contributed by atoms with Crippen LogP contribution in [0.4, 0.5) is 0 Å². The highest BCUT2D eigenvalue weighted by Crippen LogP contribution is 2.24. The van der Waals surface area contributed by atoms with Gasteiger partial charge in [0.2, 0.25) is 0 Å². The number of aromatic nitrogens is 1. The number of hydrogen-bond donors (Lipinski definition) is 1. The first kappa shape index (κ1) is 9.56. The molecule has 2 nitrogen and oxygen atoms in total. The second-order valence-corrected chi connectivity index (χ2v) is 3.74. The third-order valence-electron chi connectivity index (χ3n) is 2.49. The molecule has 0 saturated heterocycles. The van der Waals surface area contributed by atoms with E-state index in [0.717, 1.165) is 11.6 Å². The monoisotopic (exact) mass is 208 g/mol. The molecule has 0 saturated carbocycles. The zero-order valence-corrected chi connectivity index (χ0v) is 8.88. The van der Waals surface area contributed by atoms with E-state index in [1.807, 2.05) is 18.2 Å². The van der Waals surface area contributed by atoms with Crippen LogP contribution >= 0.6 is 11.6 Å². The standard InChI is InChI=1S/C11H13ClN2/c1-2-14-7-8(6-13)10-4-3-9(12)5-11(10)14/h3-5,7H,2,6,13H2,1H3. The molecule has 0 atom stereocenters. The zero-order valence-electron chi connectivity index (χ0n) is 8.13. The second kappa shape index (κ2) is 3.64. The molecular weight excluding hydrogens is 196 g/mol. The predicted octanol–water partition coefficient (Wildman–Crippen LogP) is 2.77. The van der Waals surface area contributed by atoms with Gasteiger partial charge in [-0.2, -0.15) is 0 Å². The lowest BCUT2D eigenvalue weighted by molar-refractivity contribution is 0.792. The topological polar surface area (TPSA) is 30.9 Å². The summed E-state index contributed by atoms with van der Waals surface area (Å²) in [4.78, 5) is 0. The maximum Gasteiger partial charge on any atom is 0.0498 e. The van der Waals surface area contributed by atoms with Gasteiger partial charge in [0.1, 0.15) is 0 Å². The van der Waals surface area contributed by atoms with Gasteiger partial charge in [-0.25, -0.2) is 0 Å². The highest BCUT2D eigenvalue weighted by molar-refractivity contribution is 6.31. The van der Waals surface area contributed by atoms with Gasteiger partial charge >= 0.3 is 0 Å². The first-order valence-corrected chi connectivity index (χ1v) is 5.11. The number of halogens is 1. The van der Waals surface area contributed by atoms with Crippen LogP contribution in [0.3, 0.4) is 0 Å². The fraction of sp³-hybridized carbons (Fsp3) is 0.273. The van der Waals surface area contributed by atoms with E-state index in [0.29, 0.717) is 6.54 Å². The van der Waals surface area contributed by atoms with Gasteiger partial charge in [0.15, 0.2) is 0 Å². The summed E-state index contributed by atoms with van der Waals surface area (Å²) >= 11 is 5.96. The molecule has 1 aromatic carbocycles. The summed E-state index contributed by atoms with van der Waals surface area (Å²) < 4.78 is 2.17. The summed E-state index contributed by atoms with van der Waals surface area (Å²) in [5, 5.41) is 1.98. The van der Waals surface area contributed by atoms with Gasteiger partial charge < -0.3 is 10.3 Å². The second-order valence-electron chi connectivity index (χ2n) is 3.31. The molecule has 0 aliphatic rings. The smallest absolute Gasteiger partial charge is 0.0498 e. The lowest BCUT2D eigenvalue weighted by atomic mass is 10.2. The van der Waals surface area contributed by atoms with Crippen LogP contribution < -0.4 is 5.73 Å². The fourth-order valence-electron chi connectivity index (χ4n) is 1.77. The van der Waals surface area contributed by atoms with Crippen LogP contribution in [-0.4, -0.2) is 4.57 Å². The van der Waals surface area contributed by atoms with Gasteiger partial charge in [0.05, 0.1) is 0 Å². The minimum Gasteiger partial charge on any atom is -0.347 e. The van der Waals surface area contributed by atoms with E-state index in [-0.39, 0.29) is 0 Å². The summed E-state index contributed by atoms with van der Waals surface area (Å²) in [5.41, 5.74) is 8.02. The molecule has 0 bridgehead atoms. The van der Waals surface area contributed by atoms with E-state index < -0.39 is 0 Å². The maximum atomic E-state index is 5.96. The molecular formula is C11H13ClN2. The van der Waals surface area contributed by atoms with E-state index in [1.54, 1.807) is 0 Å². The van der Waals surface area contributed by atoms with Crippen molar-refractivity contribution in [3.8, 4) is 0 Å². The van der Waals surface area contributed by atoms with Crippen LogP contribution in [0.2, 0.25) is 5.02 Å². The molecule has 2 aromatic rings. The molecule has 0 radical (unpaired) electrons. The largest absolute Gasteiger partial charge is 0.347 e. The van der Waals surface area contributed by atoms with Crippen molar-refractivity contribution in [1.82, 2.24) is 4.57 Å². The molecule has 0 spiro atoms. The Kier molecular flexibility index (Phi) is 2.48. The summed E-state index contributed by atoms with van der Waals surface area (Å²) in [5.74, 6) is 0. The maximum absolute atomic E-state index is 5.96. The molecule has 74 valence electrons. The summed E-state index contributed by atoms with van der Waals surface area (Å²) in [7, 11) is 0. The third kappa shape index (κ3) is 1.41. The quantitative estimate of drug-likeness (QED) is 0.809. The number of nitrogens with zero attached hydrogens (tertiary/aromatic N) is 1. The van der Waals surface area contributed by atoms with E-state index in [9.17, 15) is 0 Å². The van der Waals surface area contributed by atoms with Crippen molar-refractivity contribution in [3.63, 3.8) is 0 Å². The van der Waals surface area contributed by atoms with Crippen molar-refractivity contribution in [3.05, 3.63) is 35.0 Å². The van der Waals surface area contributed by atoms with Crippen LogP contribution in [0.1, 0.15) is 12.5 Å². The minimum atomic E-state index is 0.575. The van der Waals surface area contributed by atoms with Gasteiger partial charge in [0.25, 0.3) is 0 Å². The van der Waals surface area contributed by atoms with E-state index in [2.05, 4.69) is 17.7 Å². The third-order valence-corrected chi connectivity index (χ3v) is 2.72. The number of rotatable bonds is 2. The van der Waals surface area contributed by atoms with E-state index in [4.69, 9.17) is 17.3 Å². The molecule has 3 heteroatoms. The normalized spacial score (nSPS) is 11.1. The highest BCUT2D eigenvalue weighted by atomic mass is 35.5. The molecule has 1 aromatic heterocycles. The van der Waals surface area contributed by atoms with Gasteiger partial charge in [-0.3, -0.25) is 0 Å². The Balaban J connectivity index is 2.75. The number of fused-ring (bicyclic) bond motifs is 1. The Morgan fingerprint density at radius 3 is 2.86 bits per heavy atom. The molecule has 2 N–H and O–H groups in total. The molecule has 14 heavy (non-hydrogen) atoms. The molecule has 0 fully saturated rings. The zero-order chi connectivity index (χ0) is 10.1. The highest BCUT2D eigenvalue weighted by Gasteiger charge is 2.06. The summed E-state index contributed by atoms with van der Waals surface area (Å²) in [6.07, 6.45) is 2.10. The lowest BCUT2D eigenvalue weighted by Gasteiger charge is -1.99. The summed E-state index contributed by atoms with van der Waals surface area (Å²) in [6, 6.07) is 5.93. The van der Waals surface area contributed by atoms with Crippen molar-refractivity contribution in [1.29, 1.82) is 0 Å². The van der Waals surface area contributed by atoms with Crippen LogP contribution in [0.5, 0.6) is 0 Å². The minimum absolute atomic E-state index is 0.575. The van der Waals surface area contributed by atoms with Crippen LogP contribution in [0.25, 0.3) is 10.9 Å². The van der Waals surface area contributed by atoms with Crippen molar-refractivity contribution in [2.75, 3.05) is 0 Å². The lowest BCUT2D eigenvalue weighted by Crippen LogP contribution is -1.94. The molecule has 1 heterocycles. The van der Waals surface area contributed by atoms with Gasteiger partial charge in [-0.05, 0) is 24.6 Å². The van der Waals surface area contributed by atoms with Crippen LogP contribution in [0.15, 0.2) is 24.4 Å². The average molecular weight is 209 g/mol. The first-order valence-electron chi connectivity index (χ1n) is 4.73. The Morgan fingerprint density at radius 1 is 1.43 bits per heavy atom. The van der Waals surface area contributed by atoms with Crippen molar-refractivity contribution in [2.45, 2.75) is 20.0 Å². The molecule has 2 rings (SSSR count). The summed E-state index contributed by atoms with van der Waals surface area (Å²) in [6.45, 7) is 3.63. The van der Waals surface area contributed by atoms with Crippen LogP contribution in [-0.2, 0) is 13.1 Å². The fourth-order valence-corrected chi connectivity index (χ4v) is 1.93. The average Bonchev–Trinajstić information content (AvgIpc) is 2.55. The molecule has 0 aliphatic heterocycles. The van der Waals surface area contributed by atoms with Crippen molar-refractivity contribution >= 4 is 22.5 Å². The number of nitrogens with two attached hydrogens (primary N) is 1. The molecule has 0 aliphatic carbocycles. The van der Waals surface area contributed by atoms with Crippen molar-refractivity contribution < 1.29 is 0 Å². The molecule has 0 amide bonds. The predicted molar refractivity (Wildman–Crippen MR) is 60.5 cm³/mol. The Hall–Kier alpha value is -0.990. The first-order chi connectivity index (χ1) is 6.76. The SMILES string of the molecule is CCn1cc(CN)c2ccc(Cl)cc21. The Bertz CT molecular complexity index is 460. The van der Waals surface area contributed by atoms with Gasteiger partial charge in [0, 0.05) is 35.2 Å². The van der Waals surface area contributed by atoms with Gasteiger partial charge in [-0.15, -0.1) is 0 Å². The number of aryl methyl sites for hydroxylation is 1. The van der Waals surface area contributed by atoms with E-state index >= 15 is 0 Å². The number of hydrogen-bond acceptors (Lipinski definition) is 1. The van der Waals surface area contributed by atoms with Crippen LogP contribution in [0, 0.1) is 0 Å². The van der Waals surface area contributed by atoms with E-state index in [1.165, 1.54) is 16.5 Å². The molecule has 0 unspecified atom stereocenters. The van der Waals surface area contributed by atoms with Crippen molar-refractivity contribution in [2.24, 2.45) is 5.73 Å². The van der Waals surface area contributed by atoms with Gasteiger partial charge in [-0.1, -0.05) is 17.7 Å². The number of benzene rings is 1.